The van der Waals surface area contributed by atoms with Crippen LogP contribution in [0, 0.1) is 0 Å². The first kappa shape index (κ1) is 11.3. The predicted molar refractivity (Wildman–Crippen MR) is 59.9 cm³/mol. The standard InChI is InChI=1S/C12H15ClO/c1-2-3-4-12(13)11-7-5-10(9-14)6-8-11/h5-9,12H,2-4H2,1H3. The molecule has 2 heteroatoms. The third-order valence-corrected chi connectivity index (χ3v) is 2.72. The summed E-state index contributed by atoms with van der Waals surface area (Å²) < 4.78 is 0. The number of alkyl halides is 1. The Morgan fingerprint density at radius 1 is 1.36 bits per heavy atom. The molecule has 0 aliphatic heterocycles. The number of unbranched alkanes of at least 4 members (excludes halogenated alkanes) is 1. The van der Waals surface area contributed by atoms with E-state index in [1.165, 1.54) is 0 Å². The van der Waals surface area contributed by atoms with Gasteiger partial charge in [-0.25, -0.2) is 0 Å². The smallest absolute Gasteiger partial charge is 0.150 e. The van der Waals surface area contributed by atoms with Crippen molar-refractivity contribution in [1.29, 1.82) is 0 Å². The molecule has 76 valence electrons. The minimum atomic E-state index is 0.0793. The number of carbonyl (C=O) groups is 1. The predicted octanol–water partition coefficient (Wildman–Crippen LogP) is 3.97. The van der Waals surface area contributed by atoms with Crippen LogP contribution < -0.4 is 0 Å². The van der Waals surface area contributed by atoms with Gasteiger partial charge in [0.2, 0.25) is 0 Å². The van der Waals surface area contributed by atoms with E-state index in [9.17, 15) is 4.79 Å². The van der Waals surface area contributed by atoms with Gasteiger partial charge < -0.3 is 0 Å². The number of hydrogen-bond donors (Lipinski definition) is 0. The zero-order valence-corrected chi connectivity index (χ0v) is 9.13. The monoisotopic (exact) mass is 210 g/mol. The van der Waals surface area contributed by atoms with E-state index in [4.69, 9.17) is 11.6 Å². The van der Waals surface area contributed by atoms with Gasteiger partial charge in [-0.2, -0.15) is 0 Å². The second-order valence-corrected chi connectivity index (χ2v) is 3.92. The van der Waals surface area contributed by atoms with Crippen LogP contribution in [0.2, 0.25) is 0 Å². The molecule has 1 aromatic carbocycles. The van der Waals surface area contributed by atoms with E-state index in [1.807, 2.05) is 24.3 Å². The van der Waals surface area contributed by atoms with Crippen molar-refractivity contribution in [2.24, 2.45) is 0 Å². The van der Waals surface area contributed by atoms with Crippen LogP contribution in [0.4, 0.5) is 0 Å². The molecule has 0 aromatic heterocycles. The number of benzene rings is 1. The van der Waals surface area contributed by atoms with Crippen molar-refractivity contribution in [2.75, 3.05) is 0 Å². The summed E-state index contributed by atoms with van der Waals surface area (Å²) in [5, 5.41) is 0.0793. The van der Waals surface area contributed by atoms with Crippen LogP contribution >= 0.6 is 11.6 Å². The molecular formula is C12H15ClO. The van der Waals surface area contributed by atoms with Gasteiger partial charge in [0, 0.05) is 5.56 Å². The summed E-state index contributed by atoms with van der Waals surface area (Å²) in [5.41, 5.74) is 1.80. The lowest BCUT2D eigenvalue weighted by molar-refractivity contribution is 0.112. The Labute approximate surface area is 90.1 Å². The van der Waals surface area contributed by atoms with Crippen molar-refractivity contribution in [3.63, 3.8) is 0 Å². The Morgan fingerprint density at radius 2 is 2.00 bits per heavy atom. The third kappa shape index (κ3) is 3.15. The SMILES string of the molecule is CCCCC(Cl)c1ccc(C=O)cc1. The molecular weight excluding hydrogens is 196 g/mol. The molecule has 14 heavy (non-hydrogen) atoms. The van der Waals surface area contributed by atoms with Crippen molar-refractivity contribution in [1.82, 2.24) is 0 Å². The molecule has 0 radical (unpaired) electrons. The number of rotatable bonds is 5. The maximum atomic E-state index is 10.4. The van der Waals surface area contributed by atoms with Crippen LogP contribution in [-0.4, -0.2) is 6.29 Å². The van der Waals surface area contributed by atoms with Crippen molar-refractivity contribution in [3.8, 4) is 0 Å². The summed E-state index contributed by atoms with van der Waals surface area (Å²) in [6.07, 6.45) is 4.15. The molecule has 1 rings (SSSR count). The lowest BCUT2D eigenvalue weighted by Gasteiger charge is -2.08. The first-order chi connectivity index (χ1) is 6.77. The second kappa shape index (κ2) is 5.82. The molecule has 0 bridgehead atoms. The summed E-state index contributed by atoms with van der Waals surface area (Å²) in [5.74, 6) is 0. The van der Waals surface area contributed by atoms with Gasteiger partial charge in [0.25, 0.3) is 0 Å². The van der Waals surface area contributed by atoms with Crippen LogP contribution in [0.1, 0.15) is 47.5 Å². The molecule has 0 N–H and O–H groups in total. The molecule has 0 saturated carbocycles. The van der Waals surface area contributed by atoms with Gasteiger partial charge in [-0.05, 0) is 12.0 Å². The van der Waals surface area contributed by atoms with E-state index < -0.39 is 0 Å². The van der Waals surface area contributed by atoms with Gasteiger partial charge in [0.15, 0.2) is 0 Å². The zero-order chi connectivity index (χ0) is 10.4. The molecule has 0 aliphatic carbocycles. The van der Waals surface area contributed by atoms with E-state index in [0.29, 0.717) is 5.56 Å². The molecule has 1 aromatic rings. The van der Waals surface area contributed by atoms with E-state index in [1.54, 1.807) is 0 Å². The molecule has 0 amide bonds. The minimum absolute atomic E-state index is 0.0793. The molecule has 0 heterocycles. The minimum Gasteiger partial charge on any atom is -0.298 e. The van der Waals surface area contributed by atoms with Gasteiger partial charge >= 0.3 is 0 Å². The number of halogens is 1. The fraction of sp³-hybridized carbons (Fsp3) is 0.417. The quantitative estimate of drug-likeness (QED) is 0.531. The fourth-order valence-corrected chi connectivity index (χ4v) is 1.63. The van der Waals surface area contributed by atoms with Crippen molar-refractivity contribution in [2.45, 2.75) is 31.6 Å². The summed E-state index contributed by atoms with van der Waals surface area (Å²) in [6.45, 7) is 2.15. The van der Waals surface area contributed by atoms with Gasteiger partial charge in [-0.1, -0.05) is 44.0 Å². The normalized spacial score (nSPS) is 12.4. The topological polar surface area (TPSA) is 17.1 Å². The Hall–Kier alpha value is -0.820. The van der Waals surface area contributed by atoms with Crippen molar-refractivity contribution < 1.29 is 4.79 Å². The molecule has 0 fully saturated rings. The third-order valence-electron chi connectivity index (χ3n) is 2.25. The summed E-state index contributed by atoms with van der Waals surface area (Å²) in [7, 11) is 0. The summed E-state index contributed by atoms with van der Waals surface area (Å²) >= 11 is 6.19. The molecule has 1 atom stereocenters. The Morgan fingerprint density at radius 3 is 2.50 bits per heavy atom. The van der Waals surface area contributed by atoms with Crippen LogP contribution in [0.5, 0.6) is 0 Å². The first-order valence-corrected chi connectivity index (χ1v) is 5.40. The highest BCUT2D eigenvalue weighted by Gasteiger charge is 2.06. The second-order valence-electron chi connectivity index (χ2n) is 3.39. The van der Waals surface area contributed by atoms with E-state index in [-0.39, 0.29) is 5.38 Å². The van der Waals surface area contributed by atoms with Gasteiger partial charge in [-0.3, -0.25) is 4.79 Å². The lowest BCUT2D eigenvalue weighted by atomic mass is 10.1. The highest BCUT2D eigenvalue weighted by Crippen LogP contribution is 2.26. The van der Waals surface area contributed by atoms with Crippen LogP contribution in [0.15, 0.2) is 24.3 Å². The molecule has 0 saturated heterocycles. The molecule has 1 unspecified atom stereocenters. The highest BCUT2D eigenvalue weighted by molar-refractivity contribution is 6.20. The number of aldehydes is 1. The molecule has 1 nitrogen and oxygen atoms in total. The Balaban J connectivity index is 2.61. The van der Waals surface area contributed by atoms with E-state index >= 15 is 0 Å². The fourth-order valence-electron chi connectivity index (χ4n) is 1.33. The summed E-state index contributed by atoms with van der Waals surface area (Å²) in [6, 6.07) is 7.47. The van der Waals surface area contributed by atoms with Crippen LogP contribution in [0.3, 0.4) is 0 Å². The van der Waals surface area contributed by atoms with Gasteiger partial charge in [0.1, 0.15) is 6.29 Å². The van der Waals surface area contributed by atoms with Crippen molar-refractivity contribution in [3.05, 3.63) is 35.4 Å². The molecule has 0 spiro atoms. The van der Waals surface area contributed by atoms with E-state index in [2.05, 4.69) is 6.92 Å². The molecule has 0 aliphatic rings. The maximum absolute atomic E-state index is 10.4. The largest absolute Gasteiger partial charge is 0.298 e. The lowest BCUT2D eigenvalue weighted by Crippen LogP contribution is -1.91. The van der Waals surface area contributed by atoms with Crippen LogP contribution in [-0.2, 0) is 0 Å². The average molecular weight is 211 g/mol. The van der Waals surface area contributed by atoms with Crippen molar-refractivity contribution >= 4 is 17.9 Å². The van der Waals surface area contributed by atoms with Crippen LogP contribution in [0.25, 0.3) is 0 Å². The number of carbonyl (C=O) groups excluding carboxylic acids is 1. The van der Waals surface area contributed by atoms with Gasteiger partial charge in [-0.15, -0.1) is 11.6 Å². The summed E-state index contributed by atoms with van der Waals surface area (Å²) in [4.78, 5) is 10.4. The first-order valence-electron chi connectivity index (χ1n) is 4.97. The van der Waals surface area contributed by atoms with E-state index in [0.717, 1.165) is 31.1 Å². The Kier molecular flexibility index (Phi) is 4.68. The highest BCUT2D eigenvalue weighted by atomic mass is 35.5. The number of hydrogen-bond acceptors (Lipinski definition) is 1. The average Bonchev–Trinajstić information content (AvgIpc) is 2.26. The maximum Gasteiger partial charge on any atom is 0.150 e. The Bertz CT molecular complexity index is 279. The van der Waals surface area contributed by atoms with Gasteiger partial charge in [0.05, 0.1) is 5.38 Å². The zero-order valence-electron chi connectivity index (χ0n) is 8.37.